The second-order valence-corrected chi connectivity index (χ2v) is 7.38. The Hall–Kier alpha value is -2.82. The maximum atomic E-state index is 12.8. The number of benzene rings is 2. The second kappa shape index (κ2) is 6.24. The van der Waals surface area contributed by atoms with E-state index in [0.717, 1.165) is 11.3 Å². The largest absolute Gasteiger partial charge is 0.368 e. The van der Waals surface area contributed by atoms with Crippen LogP contribution in [0.3, 0.4) is 0 Å². The number of amides is 3. The van der Waals surface area contributed by atoms with Gasteiger partial charge in [-0.2, -0.15) is 0 Å². The van der Waals surface area contributed by atoms with Crippen molar-refractivity contribution < 1.29 is 9.59 Å². The molecule has 3 N–H and O–H groups in total. The molecule has 0 spiro atoms. The van der Waals surface area contributed by atoms with Gasteiger partial charge in [0.15, 0.2) is 0 Å². The lowest BCUT2D eigenvalue weighted by molar-refractivity contribution is -0.119. The number of nitrogens with one attached hydrogen (secondary N) is 1. The van der Waals surface area contributed by atoms with Crippen LogP contribution in [-0.4, -0.2) is 18.0 Å². The van der Waals surface area contributed by atoms with E-state index in [1.165, 1.54) is 10.5 Å². The summed E-state index contributed by atoms with van der Waals surface area (Å²) in [5.74, 6) is -0.505. The zero-order valence-electron chi connectivity index (χ0n) is 14.7. The summed E-state index contributed by atoms with van der Waals surface area (Å²) in [6.07, 6.45) is 0.446. The van der Waals surface area contributed by atoms with Gasteiger partial charge in [0, 0.05) is 17.8 Å². The number of para-hydroxylation sites is 1. The molecule has 5 heteroatoms. The highest BCUT2D eigenvalue weighted by molar-refractivity contribution is 6.08. The molecule has 0 saturated carbocycles. The van der Waals surface area contributed by atoms with Gasteiger partial charge in [-0.05, 0) is 34.7 Å². The molecule has 3 rings (SSSR count). The van der Waals surface area contributed by atoms with Gasteiger partial charge in [0.25, 0.3) is 0 Å². The number of rotatable bonds is 2. The summed E-state index contributed by atoms with van der Waals surface area (Å²) < 4.78 is 0. The SMILES string of the molecule is CC(C)(C)c1ccc(NC(=O)N2c3ccccc3C[C@@H]2C(N)=O)cc1. The van der Waals surface area contributed by atoms with E-state index in [0.29, 0.717) is 12.1 Å². The Labute approximate surface area is 147 Å². The number of fused-ring (bicyclic) bond motifs is 1. The first-order valence-electron chi connectivity index (χ1n) is 8.35. The van der Waals surface area contributed by atoms with Crippen LogP contribution >= 0.6 is 0 Å². The standard InChI is InChI=1S/C20H23N3O2/c1-20(2,3)14-8-10-15(11-9-14)22-19(25)23-16-7-5-4-6-13(16)12-17(23)18(21)24/h4-11,17H,12H2,1-3H3,(H2,21,24)(H,22,25)/t17-/m1/s1. The fraction of sp³-hybridized carbons (Fsp3) is 0.300. The smallest absolute Gasteiger partial charge is 0.327 e. The summed E-state index contributed by atoms with van der Waals surface area (Å²) in [5.41, 5.74) is 9.11. The van der Waals surface area contributed by atoms with Gasteiger partial charge in [0.1, 0.15) is 6.04 Å². The maximum absolute atomic E-state index is 12.8. The second-order valence-electron chi connectivity index (χ2n) is 7.38. The molecule has 1 aliphatic heterocycles. The molecule has 0 bridgehead atoms. The average molecular weight is 337 g/mol. The lowest BCUT2D eigenvalue weighted by Crippen LogP contribution is -2.47. The summed E-state index contributed by atoms with van der Waals surface area (Å²) in [6.45, 7) is 6.41. The highest BCUT2D eigenvalue weighted by Gasteiger charge is 2.37. The predicted octanol–water partition coefficient (Wildman–Crippen LogP) is 3.43. The number of carbonyl (C=O) groups is 2. The van der Waals surface area contributed by atoms with E-state index in [9.17, 15) is 9.59 Å². The van der Waals surface area contributed by atoms with Gasteiger partial charge in [-0.1, -0.05) is 51.1 Å². The van der Waals surface area contributed by atoms with Crippen molar-refractivity contribution in [3.8, 4) is 0 Å². The van der Waals surface area contributed by atoms with Gasteiger partial charge in [-0.25, -0.2) is 4.79 Å². The molecule has 0 aliphatic carbocycles. The molecule has 0 aromatic heterocycles. The average Bonchev–Trinajstić information content (AvgIpc) is 2.94. The number of carbonyl (C=O) groups excluding carboxylic acids is 2. The maximum Gasteiger partial charge on any atom is 0.327 e. The summed E-state index contributed by atoms with van der Waals surface area (Å²) >= 11 is 0. The topological polar surface area (TPSA) is 75.4 Å². The van der Waals surface area contributed by atoms with Crippen LogP contribution in [0.4, 0.5) is 16.2 Å². The highest BCUT2D eigenvalue weighted by Crippen LogP contribution is 2.32. The van der Waals surface area contributed by atoms with Crippen LogP contribution in [0.15, 0.2) is 48.5 Å². The predicted molar refractivity (Wildman–Crippen MR) is 99.8 cm³/mol. The van der Waals surface area contributed by atoms with Crippen LogP contribution < -0.4 is 16.0 Å². The molecular formula is C20H23N3O2. The van der Waals surface area contributed by atoms with Gasteiger partial charge in [0.2, 0.25) is 5.91 Å². The molecule has 5 nitrogen and oxygen atoms in total. The monoisotopic (exact) mass is 337 g/mol. The molecule has 0 radical (unpaired) electrons. The Morgan fingerprint density at radius 1 is 1.08 bits per heavy atom. The van der Waals surface area contributed by atoms with Gasteiger partial charge in [-0.3, -0.25) is 9.69 Å². The fourth-order valence-corrected chi connectivity index (χ4v) is 3.10. The van der Waals surface area contributed by atoms with Crippen molar-refractivity contribution in [3.63, 3.8) is 0 Å². The molecule has 1 heterocycles. The molecule has 130 valence electrons. The highest BCUT2D eigenvalue weighted by atomic mass is 16.2. The molecule has 0 saturated heterocycles. The Kier molecular flexibility index (Phi) is 4.25. The van der Waals surface area contributed by atoms with Gasteiger partial charge < -0.3 is 11.1 Å². The van der Waals surface area contributed by atoms with Crippen molar-refractivity contribution in [1.29, 1.82) is 0 Å². The van der Waals surface area contributed by atoms with Crippen LogP contribution in [0, 0.1) is 0 Å². The van der Waals surface area contributed by atoms with Crippen LogP contribution in [-0.2, 0) is 16.6 Å². The number of primary amides is 1. The van der Waals surface area contributed by atoms with E-state index in [4.69, 9.17) is 5.73 Å². The van der Waals surface area contributed by atoms with Crippen molar-refractivity contribution in [1.82, 2.24) is 0 Å². The van der Waals surface area contributed by atoms with Gasteiger partial charge in [0.05, 0.1) is 0 Å². The Morgan fingerprint density at radius 2 is 1.72 bits per heavy atom. The van der Waals surface area contributed by atoms with E-state index in [1.807, 2.05) is 48.5 Å². The zero-order chi connectivity index (χ0) is 18.2. The molecule has 2 aromatic rings. The van der Waals surface area contributed by atoms with Gasteiger partial charge >= 0.3 is 6.03 Å². The molecule has 25 heavy (non-hydrogen) atoms. The van der Waals surface area contributed by atoms with Crippen LogP contribution in [0.25, 0.3) is 0 Å². The quantitative estimate of drug-likeness (QED) is 0.881. The number of nitrogens with two attached hydrogens (primary N) is 1. The third kappa shape index (κ3) is 3.36. The first kappa shape index (κ1) is 17.0. The van der Waals surface area contributed by atoms with Crippen molar-refractivity contribution in [2.75, 3.05) is 10.2 Å². The Balaban J connectivity index is 1.83. The number of hydrogen-bond donors (Lipinski definition) is 2. The van der Waals surface area contributed by atoms with Crippen molar-refractivity contribution in [2.45, 2.75) is 38.6 Å². The number of urea groups is 1. The summed E-state index contributed by atoms with van der Waals surface area (Å²) in [6, 6.07) is 14.2. The zero-order valence-corrected chi connectivity index (χ0v) is 14.7. The number of hydrogen-bond acceptors (Lipinski definition) is 2. The molecule has 1 aliphatic rings. The first-order valence-corrected chi connectivity index (χ1v) is 8.35. The van der Waals surface area contributed by atoms with E-state index in [2.05, 4.69) is 26.1 Å². The van der Waals surface area contributed by atoms with E-state index in [-0.39, 0.29) is 11.4 Å². The van der Waals surface area contributed by atoms with Crippen LogP contribution in [0.5, 0.6) is 0 Å². The number of nitrogens with zero attached hydrogens (tertiary/aromatic N) is 1. The van der Waals surface area contributed by atoms with Gasteiger partial charge in [-0.15, -0.1) is 0 Å². The molecule has 1 atom stereocenters. The molecule has 0 unspecified atom stereocenters. The Bertz CT molecular complexity index is 806. The Morgan fingerprint density at radius 3 is 2.32 bits per heavy atom. The first-order chi connectivity index (χ1) is 11.8. The minimum Gasteiger partial charge on any atom is -0.368 e. The molecule has 3 amide bonds. The number of anilines is 2. The lowest BCUT2D eigenvalue weighted by atomic mass is 9.87. The van der Waals surface area contributed by atoms with Crippen molar-refractivity contribution in [3.05, 3.63) is 59.7 Å². The minimum absolute atomic E-state index is 0.0491. The fourth-order valence-electron chi connectivity index (χ4n) is 3.10. The minimum atomic E-state index is -0.661. The molecule has 2 aromatic carbocycles. The van der Waals surface area contributed by atoms with Crippen molar-refractivity contribution in [2.24, 2.45) is 5.73 Å². The van der Waals surface area contributed by atoms with E-state index >= 15 is 0 Å². The molecule has 0 fully saturated rings. The third-order valence-electron chi connectivity index (χ3n) is 4.53. The summed E-state index contributed by atoms with van der Waals surface area (Å²) in [5, 5.41) is 2.87. The van der Waals surface area contributed by atoms with Crippen LogP contribution in [0.2, 0.25) is 0 Å². The van der Waals surface area contributed by atoms with E-state index in [1.54, 1.807) is 0 Å². The summed E-state index contributed by atoms with van der Waals surface area (Å²) in [7, 11) is 0. The lowest BCUT2D eigenvalue weighted by Gasteiger charge is -2.24. The van der Waals surface area contributed by atoms with Crippen LogP contribution in [0.1, 0.15) is 31.9 Å². The molecular weight excluding hydrogens is 314 g/mol. The third-order valence-corrected chi connectivity index (χ3v) is 4.53. The summed E-state index contributed by atoms with van der Waals surface area (Å²) in [4.78, 5) is 26.0. The van der Waals surface area contributed by atoms with E-state index < -0.39 is 11.9 Å². The normalized spacial score (nSPS) is 16.4. The van der Waals surface area contributed by atoms with Crippen molar-refractivity contribution >= 4 is 23.3 Å².